The van der Waals surface area contributed by atoms with E-state index in [0.29, 0.717) is 22.1 Å². The van der Waals surface area contributed by atoms with Crippen molar-refractivity contribution in [3.63, 3.8) is 0 Å². The highest BCUT2D eigenvalue weighted by molar-refractivity contribution is 6.30. The average molecular weight is 342 g/mol. The smallest absolute Gasteiger partial charge is 0.161 e. The fourth-order valence-corrected chi connectivity index (χ4v) is 2.27. The molecule has 2 aromatic carbocycles. The zero-order valence-electron chi connectivity index (χ0n) is 14.0. The zero-order chi connectivity index (χ0) is 17.5. The van der Waals surface area contributed by atoms with Crippen LogP contribution in [0.25, 0.3) is 11.6 Å². The minimum absolute atomic E-state index is 0.115. The number of hydrogen-bond donors (Lipinski definition) is 0. The van der Waals surface area contributed by atoms with E-state index in [1.807, 2.05) is 43.3 Å². The molecule has 0 N–H and O–H groups in total. The minimum atomic E-state index is 0.115. The minimum Gasteiger partial charge on any atom is -0.493 e. The van der Waals surface area contributed by atoms with Gasteiger partial charge in [-0.2, -0.15) is 5.26 Å². The van der Waals surface area contributed by atoms with Gasteiger partial charge in [0.1, 0.15) is 0 Å². The largest absolute Gasteiger partial charge is 0.493 e. The molecular weight excluding hydrogens is 322 g/mol. The summed E-state index contributed by atoms with van der Waals surface area (Å²) in [4.78, 5) is 0. The van der Waals surface area contributed by atoms with Crippen LogP contribution in [0.5, 0.6) is 11.5 Å². The molecule has 0 heterocycles. The van der Waals surface area contributed by atoms with E-state index in [4.69, 9.17) is 21.1 Å². The first kappa shape index (κ1) is 17.9. The molecule has 2 rings (SSSR count). The first-order valence-corrected chi connectivity index (χ1v) is 8.17. The Kier molecular flexibility index (Phi) is 6.28. The van der Waals surface area contributed by atoms with Crippen molar-refractivity contribution < 1.29 is 9.47 Å². The van der Waals surface area contributed by atoms with Gasteiger partial charge in [0, 0.05) is 5.02 Å². The quantitative estimate of drug-likeness (QED) is 0.508. The monoisotopic (exact) mass is 341 g/mol. The molecule has 0 fully saturated rings. The van der Waals surface area contributed by atoms with Crippen molar-refractivity contribution in [2.24, 2.45) is 0 Å². The van der Waals surface area contributed by atoms with E-state index in [1.54, 1.807) is 19.2 Å². The second-order valence-corrected chi connectivity index (χ2v) is 5.86. The van der Waals surface area contributed by atoms with E-state index in [0.717, 1.165) is 17.5 Å². The van der Waals surface area contributed by atoms with E-state index in [9.17, 15) is 5.26 Å². The average Bonchev–Trinajstić information content (AvgIpc) is 2.61. The molecule has 24 heavy (non-hydrogen) atoms. The Morgan fingerprint density at radius 1 is 1.21 bits per heavy atom. The number of rotatable bonds is 6. The molecule has 0 unspecified atom stereocenters. The standard InChI is InChI=1S/C20H20ClNO2/c1-4-14(2)24-19-10-5-15(12-20(19)23-3)11-17(13-22)16-6-8-18(21)9-7-16/h5-12,14H,4H2,1-3H3/b17-11-/t14-/m1/s1. The SMILES string of the molecule is CC[C@@H](C)Oc1ccc(/C=C(/C#N)c2ccc(Cl)cc2)cc1OC. The molecule has 0 amide bonds. The topological polar surface area (TPSA) is 42.2 Å². The van der Waals surface area contributed by atoms with Crippen molar-refractivity contribution in [1.29, 1.82) is 5.26 Å². The Morgan fingerprint density at radius 2 is 1.92 bits per heavy atom. The summed E-state index contributed by atoms with van der Waals surface area (Å²) >= 11 is 5.90. The van der Waals surface area contributed by atoms with Crippen LogP contribution in [0, 0.1) is 11.3 Å². The van der Waals surface area contributed by atoms with Gasteiger partial charge in [-0.05, 0) is 54.8 Å². The normalized spacial score (nSPS) is 12.4. The third-order valence-corrected chi connectivity index (χ3v) is 3.93. The molecule has 0 saturated heterocycles. The molecular formula is C20H20ClNO2. The number of nitrogens with zero attached hydrogens (tertiary/aromatic N) is 1. The summed E-state index contributed by atoms with van der Waals surface area (Å²) in [6.45, 7) is 4.08. The fourth-order valence-electron chi connectivity index (χ4n) is 2.15. The molecule has 0 aliphatic heterocycles. The van der Waals surface area contributed by atoms with Gasteiger partial charge in [-0.25, -0.2) is 0 Å². The molecule has 0 radical (unpaired) electrons. The van der Waals surface area contributed by atoms with E-state index in [-0.39, 0.29) is 6.10 Å². The number of halogens is 1. The lowest BCUT2D eigenvalue weighted by Crippen LogP contribution is -2.10. The van der Waals surface area contributed by atoms with Crippen LogP contribution in [0.1, 0.15) is 31.4 Å². The Hall–Kier alpha value is -2.44. The van der Waals surface area contributed by atoms with Gasteiger partial charge < -0.3 is 9.47 Å². The van der Waals surface area contributed by atoms with Crippen LogP contribution in [0.4, 0.5) is 0 Å². The van der Waals surface area contributed by atoms with Crippen LogP contribution >= 0.6 is 11.6 Å². The van der Waals surface area contributed by atoms with Gasteiger partial charge in [-0.15, -0.1) is 0 Å². The highest BCUT2D eigenvalue weighted by Gasteiger charge is 2.09. The molecule has 0 saturated carbocycles. The summed E-state index contributed by atoms with van der Waals surface area (Å²) < 4.78 is 11.3. The van der Waals surface area contributed by atoms with Gasteiger partial charge in [0.15, 0.2) is 11.5 Å². The molecule has 0 aliphatic carbocycles. The molecule has 124 valence electrons. The van der Waals surface area contributed by atoms with Gasteiger partial charge >= 0.3 is 0 Å². The summed E-state index contributed by atoms with van der Waals surface area (Å²) in [5.74, 6) is 1.35. The number of ether oxygens (including phenoxy) is 2. The van der Waals surface area contributed by atoms with Crippen molar-refractivity contribution >= 4 is 23.3 Å². The molecule has 0 bridgehead atoms. The zero-order valence-corrected chi connectivity index (χ0v) is 14.8. The Balaban J connectivity index is 2.34. The van der Waals surface area contributed by atoms with Gasteiger partial charge in [-0.1, -0.05) is 36.7 Å². The Labute approximate surface area is 148 Å². The van der Waals surface area contributed by atoms with Crippen molar-refractivity contribution in [2.45, 2.75) is 26.4 Å². The first-order chi connectivity index (χ1) is 11.6. The van der Waals surface area contributed by atoms with E-state index in [2.05, 4.69) is 13.0 Å². The summed E-state index contributed by atoms with van der Waals surface area (Å²) in [5.41, 5.74) is 2.25. The van der Waals surface area contributed by atoms with Gasteiger partial charge in [0.2, 0.25) is 0 Å². The molecule has 4 heteroatoms. The van der Waals surface area contributed by atoms with Crippen molar-refractivity contribution in [1.82, 2.24) is 0 Å². The van der Waals surface area contributed by atoms with Crippen molar-refractivity contribution in [2.75, 3.05) is 7.11 Å². The van der Waals surface area contributed by atoms with Gasteiger partial charge in [0.05, 0.1) is 24.9 Å². The van der Waals surface area contributed by atoms with Crippen LogP contribution < -0.4 is 9.47 Å². The van der Waals surface area contributed by atoms with Crippen LogP contribution in [0.15, 0.2) is 42.5 Å². The Morgan fingerprint density at radius 3 is 2.50 bits per heavy atom. The summed E-state index contributed by atoms with van der Waals surface area (Å²) in [6, 6.07) is 15.1. The number of hydrogen-bond acceptors (Lipinski definition) is 3. The van der Waals surface area contributed by atoms with Gasteiger partial charge in [-0.3, -0.25) is 0 Å². The Bertz CT molecular complexity index is 760. The highest BCUT2D eigenvalue weighted by Crippen LogP contribution is 2.31. The molecule has 3 nitrogen and oxygen atoms in total. The lowest BCUT2D eigenvalue weighted by atomic mass is 10.0. The highest BCUT2D eigenvalue weighted by atomic mass is 35.5. The first-order valence-electron chi connectivity index (χ1n) is 7.79. The molecule has 0 spiro atoms. The van der Waals surface area contributed by atoms with Crippen molar-refractivity contribution in [3.05, 3.63) is 58.6 Å². The molecule has 0 aromatic heterocycles. The van der Waals surface area contributed by atoms with Gasteiger partial charge in [0.25, 0.3) is 0 Å². The van der Waals surface area contributed by atoms with Crippen LogP contribution in [-0.4, -0.2) is 13.2 Å². The van der Waals surface area contributed by atoms with E-state index < -0.39 is 0 Å². The maximum Gasteiger partial charge on any atom is 0.161 e. The second kappa shape index (κ2) is 8.42. The maximum absolute atomic E-state index is 9.43. The fraction of sp³-hybridized carbons (Fsp3) is 0.250. The molecule has 2 aromatic rings. The maximum atomic E-state index is 9.43. The lowest BCUT2D eigenvalue weighted by Gasteiger charge is -2.15. The molecule has 1 atom stereocenters. The predicted octanol–water partition coefficient (Wildman–Crippen LogP) is 5.59. The van der Waals surface area contributed by atoms with Crippen molar-refractivity contribution in [3.8, 4) is 17.6 Å². The third kappa shape index (κ3) is 4.53. The summed E-state index contributed by atoms with van der Waals surface area (Å²) in [5, 5.41) is 10.1. The van der Waals surface area contributed by atoms with Crippen LogP contribution in [0.2, 0.25) is 5.02 Å². The predicted molar refractivity (Wildman–Crippen MR) is 98.3 cm³/mol. The second-order valence-electron chi connectivity index (χ2n) is 5.42. The molecule has 0 aliphatic rings. The number of allylic oxidation sites excluding steroid dienone is 1. The van der Waals surface area contributed by atoms with E-state index in [1.165, 1.54) is 0 Å². The number of nitriles is 1. The lowest BCUT2D eigenvalue weighted by molar-refractivity contribution is 0.207. The summed E-state index contributed by atoms with van der Waals surface area (Å²) in [6.07, 6.45) is 2.85. The number of benzene rings is 2. The number of methoxy groups -OCH3 is 1. The summed E-state index contributed by atoms with van der Waals surface area (Å²) in [7, 11) is 1.61. The van der Waals surface area contributed by atoms with E-state index >= 15 is 0 Å². The third-order valence-electron chi connectivity index (χ3n) is 3.68. The van der Waals surface area contributed by atoms with Crippen LogP contribution in [-0.2, 0) is 0 Å². The van der Waals surface area contributed by atoms with Crippen LogP contribution in [0.3, 0.4) is 0 Å².